The Bertz CT molecular complexity index is 686. The third-order valence-corrected chi connectivity index (χ3v) is 4.72. The molecule has 3 atom stereocenters. The number of hydrogen-bond donors (Lipinski definition) is 3. The third-order valence-electron chi connectivity index (χ3n) is 4.35. The number of ether oxygens (including phenoxy) is 1. The van der Waals surface area contributed by atoms with Gasteiger partial charge in [-0.1, -0.05) is 35.9 Å². The van der Waals surface area contributed by atoms with Gasteiger partial charge in [0, 0.05) is 17.9 Å². The van der Waals surface area contributed by atoms with Gasteiger partial charge < -0.3 is 20.1 Å². The number of phenolic OH excluding ortho intramolecular Hbond substituents is 1. The number of phenols is 1. The Balaban J connectivity index is 1.81. The Morgan fingerprint density at radius 2 is 1.83 bits per heavy atom. The molecule has 4 nitrogen and oxygen atoms in total. The van der Waals surface area contributed by atoms with Gasteiger partial charge in [-0.3, -0.25) is 0 Å². The van der Waals surface area contributed by atoms with Gasteiger partial charge in [0.25, 0.3) is 0 Å². The van der Waals surface area contributed by atoms with Crippen molar-refractivity contribution in [2.45, 2.75) is 37.6 Å². The van der Waals surface area contributed by atoms with Crippen molar-refractivity contribution in [3.8, 4) is 5.75 Å². The van der Waals surface area contributed by atoms with Crippen molar-refractivity contribution < 1.29 is 20.1 Å². The van der Waals surface area contributed by atoms with E-state index in [1.54, 1.807) is 12.1 Å². The molecule has 0 aliphatic carbocycles. The van der Waals surface area contributed by atoms with Crippen LogP contribution in [0.3, 0.4) is 0 Å². The van der Waals surface area contributed by atoms with Crippen LogP contribution in [0.1, 0.15) is 35.6 Å². The third kappa shape index (κ3) is 4.08. The average molecular weight is 349 g/mol. The summed E-state index contributed by atoms with van der Waals surface area (Å²) in [5.74, 6) is 0.234. The second-order valence-electron chi connectivity index (χ2n) is 6.25. The Kier molecular flexibility index (Phi) is 5.41. The molecule has 1 aliphatic heterocycles. The highest BCUT2D eigenvalue weighted by atomic mass is 35.5. The maximum Gasteiger partial charge on any atom is 0.115 e. The number of aliphatic hydroxyl groups excluding tert-OH is 2. The van der Waals surface area contributed by atoms with Crippen LogP contribution in [0.4, 0.5) is 0 Å². The first kappa shape index (κ1) is 17.2. The molecule has 3 rings (SSSR count). The Hall–Kier alpha value is -1.59. The van der Waals surface area contributed by atoms with E-state index in [0.717, 1.165) is 16.7 Å². The summed E-state index contributed by atoms with van der Waals surface area (Å²) in [6.45, 7) is -0.0957. The van der Waals surface area contributed by atoms with Gasteiger partial charge in [0.1, 0.15) is 5.75 Å². The molecule has 0 spiro atoms. The van der Waals surface area contributed by atoms with Crippen LogP contribution in [0, 0.1) is 0 Å². The molecule has 3 N–H and O–H groups in total. The second kappa shape index (κ2) is 7.53. The molecular formula is C19H21ClO4. The molecule has 0 aromatic heterocycles. The van der Waals surface area contributed by atoms with Crippen molar-refractivity contribution in [1.82, 2.24) is 0 Å². The van der Waals surface area contributed by atoms with Crippen LogP contribution < -0.4 is 0 Å². The van der Waals surface area contributed by atoms with Crippen LogP contribution in [0.2, 0.25) is 5.02 Å². The number of aliphatic hydroxyl groups is 2. The molecule has 0 bridgehead atoms. The molecule has 1 fully saturated rings. The summed E-state index contributed by atoms with van der Waals surface area (Å²) in [5, 5.41) is 29.3. The van der Waals surface area contributed by atoms with Crippen LogP contribution >= 0.6 is 11.6 Å². The van der Waals surface area contributed by atoms with E-state index in [-0.39, 0.29) is 24.6 Å². The maximum atomic E-state index is 9.99. The van der Waals surface area contributed by atoms with Gasteiger partial charge in [-0.25, -0.2) is 0 Å². The zero-order chi connectivity index (χ0) is 17.1. The maximum absolute atomic E-state index is 9.99. The quantitative estimate of drug-likeness (QED) is 0.793. The molecule has 5 heteroatoms. The fraction of sp³-hybridized carbons (Fsp3) is 0.368. The fourth-order valence-electron chi connectivity index (χ4n) is 3.09. The zero-order valence-corrected chi connectivity index (χ0v) is 14.0. The van der Waals surface area contributed by atoms with Crippen LogP contribution in [-0.2, 0) is 11.2 Å². The number of rotatable bonds is 4. The summed E-state index contributed by atoms with van der Waals surface area (Å²) in [5.41, 5.74) is 2.96. The average Bonchev–Trinajstić information content (AvgIpc) is 2.58. The Labute approximate surface area is 146 Å². The molecule has 2 aromatic carbocycles. The van der Waals surface area contributed by atoms with E-state index in [0.29, 0.717) is 24.3 Å². The van der Waals surface area contributed by atoms with Gasteiger partial charge in [-0.15, -0.1) is 0 Å². The van der Waals surface area contributed by atoms with E-state index in [1.165, 1.54) is 0 Å². The standard InChI is InChI=1S/C19H21ClO4/c20-18-6-3-13(19-10-16(23)9-17(11-21)24-19)8-14(18)7-12-1-4-15(22)5-2-12/h1-6,8,16-17,19,21-23H,7,9-11H2/t16-,17-,19+/m0/s1. The Morgan fingerprint density at radius 1 is 1.08 bits per heavy atom. The molecule has 0 saturated carbocycles. The Morgan fingerprint density at radius 3 is 2.54 bits per heavy atom. The van der Waals surface area contributed by atoms with E-state index >= 15 is 0 Å². The molecule has 0 amide bonds. The summed E-state index contributed by atoms with van der Waals surface area (Å²) in [4.78, 5) is 0. The highest BCUT2D eigenvalue weighted by molar-refractivity contribution is 6.31. The first-order valence-corrected chi connectivity index (χ1v) is 8.43. The van der Waals surface area contributed by atoms with Crippen LogP contribution in [0.25, 0.3) is 0 Å². The topological polar surface area (TPSA) is 69.9 Å². The van der Waals surface area contributed by atoms with E-state index in [4.69, 9.17) is 16.3 Å². The molecule has 1 saturated heterocycles. The highest BCUT2D eigenvalue weighted by Gasteiger charge is 2.29. The highest BCUT2D eigenvalue weighted by Crippen LogP contribution is 2.33. The number of hydrogen-bond acceptors (Lipinski definition) is 4. The first-order chi connectivity index (χ1) is 11.5. The van der Waals surface area contributed by atoms with Crippen molar-refractivity contribution in [2.24, 2.45) is 0 Å². The fourth-order valence-corrected chi connectivity index (χ4v) is 3.27. The van der Waals surface area contributed by atoms with E-state index in [9.17, 15) is 15.3 Å². The molecule has 2 aromatic rings. The molecule has 128 valence electrons. The van der Waals surface area contributed by atoms with Crippen molar-refractivity contribution in [3.63, 3.8) is 0 Å². The van der Waals surface area contributed by atoms with Gasteiger partial charge in [-0.2, -0.15) is 0 Å². The molecule has 1 heterocycles. The minimum Gasteiger partial charge on any atom is -0.508 e. The normalized spacial score (nSPS) is 24.0. The minimum absolute atomic E-state index is 0.0957. The summed E-state index contributed by atoms with van der Waals surface area (Å²) < 4.78 is 5.87. The molecule has 24 heavy (non-hydrogen) atoms. The van der Waals surface area contributed by atoms with Gasteiger partial charge in [0.2, 0.25) is 0 Å². The summed E-state index contributed by atoms with van der Waals surface area (Å²) in [7, 11) is 0. The van der Waals surface area contributed by atoms with E-state index in [1.807, 2.05) is 30.3 Å². The van der Waals surface area contributed by atoms with E-state index in [2.05, 4.69) is 0 Å². The van der Waals surface area contributed by atoms with Crippen LogP contribution in [0.15, 0.2) is 42.5 Å². The van der Waals surface area contributed by atoms with Gasteiger partial charge >= 0.3 is 0 Å². The van der Waals surface area contributed by atoms with Gasteiger partial charge in [0.05, 0.1) is 24.9 Å². The minimum atomic E-state index is -0.475. The van der Waals surface area contributed by atoms with Crippen molar-refractivity contribution in [1.29, 1.82) is 0 Å². The number of aromatic hydroxyl groups is 1. The lowest BCUT2D eigenvalue weighted by Gasteiger charge is -2.32. The smallest absolute Gasteiger partial charge is 0.115 e. The lowest BCUT2D eigenvalue weighted by atomic mass is 9.94. The number of benzene rings is 2. The second-order valence-corrected chi connectivity index (χ2v) is 6.66. The molecule has 0 unspecified atom stereocenters. The molecule has 0 radical (unpaired) electrons. The molecular weight excluding hydrogens is 328 g/mol. The van der Waals surface area contributed by atoms with Crippen molar-refractivity contribution >= 4 is 11.6 Å². The number of halogens is 1. The van der Waals surface area contributed by atoms with Crippen LogP contribution in [-0.4, -0.2) is 34.1 Å². The van der Waals surface area contributed by atoms with Crippen LogP contribution in [0.5, 0.6) is 5.75 Å². The largest absolute Gasteiger partial charge is 0.508 e. The lowest BCUT2D eigenvalue weighted by molar-refractivity contribution is -0.113. The van der Waals surface area contributed by atoms with E-state index < -0.39 is 6.10 Å². The monoisotopic (exact) mass is 348 g/mol. The lowest BCUT2D eigenvalue weighted by Crippen LogP contribution is -2.33. The van der Waals surface area contributed by atoms with Crippen molar-refractivity contribution in [2.75, 3.05) is 6.61 Å². The molecule has 1 aliphatic rings. The predicted octanol–water partition coefficient (Wildman–Crippen LogP) is 3.21. The SMILES string of the molecule is OC[C@@H]1C[C@H](O)C[C@H](c2ccc(Cl)c(Cc3ccc(O)cc3)c2)O1. The zero-order valence-electron chi connectivity index (χ0n) is 13.2. The van der Waals surface area contributed by atoms with Crippen molar-refractivity contribution in [3.05, 3.63) is 64.2 Å². The van der Waals surface area contributed by atoms with Gasteiger partial charge in [-0.05, 0) is 41.3 Å². The summed E-state index contributed by atoms with van der Waals surface area (Å²) in [6, 6.07) is 12.8. The van der Waals surface area contributed by atoms with Gasteiger partial charge in [0.15, 0.2) is 0 Å². The predicted molar refractivity (Wildman–Crippen MR) is 92.3 cm³/mol. The first-order valence-electron chi connectivity index (χ1n) is 8.05. The summed E-state index contributed by atoms with van der Waals surface area (Å²) in [6.07, 6.45) is 0.553. The summed E-state index contributed by atoms with van der Waals surface area (Å²) >= 11 is 6.32.